The van der Waals surface area contributed by atoms with Gasteiger partial charge in [0, 0.05) is 24.0 Å². The van der Waals surface area contributed by atoms with Gasteiger partial charge in [-0.2, -0.15) is 0 Å². The van der Waals surface area contributed by atoms with Crippen molar-refractivity contribution in [3.8, 4) is 0 Å². The van der Waals surface area contributed by atoms with Crippen LogP contribution in [0.4, 0.5) is 0 Å². The van der Waals surface area contributed by atoms with Gasteiger partial charge in [0.2, 0.25) is 0 Å². The molecule has 0 unspecified atom stereocenters. The van der Waals surface area contributed by atoms with Gasteiger partial charge in [0.1, 0.15) is 0 Å². The van der Waals surface area contributed by atoms with Crippen molar-refractivity contribution < 1.29 is 0 Å². The Hall–Kier alpha value is -2.28. The Bertz CT molecular complexity index is 768. The molecular formula is C17H13N. The molecule has 2 heterocycles. The number of hydrogen-bond donors (Lipinski definition) is 0. The summed E-state index contributed by atoms with van der Waals surface area (Å²) in [6.45, 7) is 0.976. The summed E-state index contributed by atoms with van der Waals surface area (Å²) in [6.07, 6.45) is 6.70. The minimum absolute atomic E-state index is 0.976. The van der Waals surface area contributed by atoms with Crippen LogP contribution >= 0.6 is 0 Å². The summed E-state index contributed by atoms with van der Waals surface area (Å²) in [5, 5.41) is 2.58. The quantitative estimate of drug-likeness (QED) is 0.671. The van der Waals surface area contributed by atoms with Crippen LogP contribution < -0.4 is 10.4 Å². The minimum atomic E-state index is 0.976. The molecule has 4 rings (SSSR count). The first-order valence-corrected chi connectivity index (χ1v) is 6.26. The average molecular weight is 231 g/mol. The predicted molar refractivity (Wildman–Crippen MR) is 74.6 cm³/mol. The van der Waals surface area contributed by atoms with Crippen LogP contribution in [0.5, 0.6) is 0 Å². The van der Waals surface area contributed by atoms with E-state index >= 15 is 0 Å². The van der Waals surface area contributed by atoms with Crippen LogP contribution in [0.1, 0.15) is 11.1 Å². The molecule has 0 saturated carbocycles. The molecule has 0 amide bonds. The summed E-state index contributed by atoms with van der Waals surface area (Å²) in [6, 6.07) is 17.2. The van der Waals surface area contributed by atoms with Gasteiger partial charge >= 0.3 is 0 Å². The molecule has 2 aliphatic heterocycles. The lowest BCUT2D eigenvalue weighted by Crippen LogP contribution is -2.25. The second kappa shape index (κ2) is 3.61. The maximum atomic E-state index is 2.34. The molecule has 2 aromatic rings. The van der Waals surface area contributed by atoms with Gasteiger partial charge in [-0.05, 0) is 22.1 Å². The third-order valence-electron chi connectivity index (χ3n) is 3.66. The fraction of sp³-hybridized carbons (Fsp3) is 0.0588. The van der Waals surface area contributed by atoms with E-state index in [1.807, 2.05) is 0 Å². The van der Waals surface area contributed by atoms with Crippen LogP contribution in [0.25, 0.3) is 18.0 Å². The highest BCUT2D eigenvalue weighted by atomic mass is 15.1. The molecule has 0 N–H and O–H groups in total. The van der Waals surface area contributed by atoms with E-state index in [0.29, 0.717) is 0 Å². The van der Waals surface area contributed by atoms with Crippen molar-refractivity contribution in [1.82, 2.24) is 4.90 Å². The lowest BCUT2D eigenvalue weighted by molar-refractivity contribution is 0.601. The molecule has 0 aromatic heterocycles. The zero-order valence-corrected chi connectivity index (χ0v) is 10.0. The highest BCUT2D eigenvalue weighted by Crippen LogP contribution is 2.33. The Kier molecular flexibility index (Phi) is 1.95. The standard InChI is InChI=1S/C17H13N/c1-2-6-14-11-18-12-15-7-3-4-8-16(15)17(18)10-9-13(14)5-1/h1-11H,12H2. The van der Waals surface area contributed by atoms with Gasteiger partial charge in [-0.15, -0.1) is 0 Å². The van der Waals surface area contributed by atoms with Crippen molar-refractivity contribution in [2.45, 2.75) is 6.54 Å². The number of nitrogens with zero attached hydrogens (tertiary/aromatic N) is 1. The molecule has 0 bridgehead atoms. The number of benzene rings is 2. The molecule has 0 atom stereocenters. The first-order valence-electron chi connectivity index (χ1n) is 6.26. The van der Waals surface area contributed by atoms with Gasteiger partial charge in [0.25, 0.3) is 0 Å². The van der Waals surface area contributed by atoms with E-state index in [1.165, 1.54) is 27.3 Å². The Balaban J connectivity index is 1.98. The zero-order valence-electron chi connectivity index (χ0n) is 10.0. The average Bonchev–Trinajstić information content (AvgIpc) is 2.65. The highest BCUT2D eigenvalue weighted by Gasteiger charge is 2.21. The third kappa shape index (κ3) is 1.34. The summed E-state index contributed by atoms with van der Waals surface area (Å²) < 4.78 is 0. The molecule has 0 aliphatic carbocycles. The second-order valence-corrected chi connectivity index (χ2v) is 4.76. The maximum absolute atomic E-state index is 2.34. The molecular weight excluding hydrogens is 218 g/mol. The molecule has 0 saturated heterocycles. The van der Waals surface area contributed by atoms with Crippen molar-refractivity contribution in [2.24, 2.45) is 0 Å². The number of hydrogen-bond acceptors (Lipinski definition) is 1. The number of fused-ring (bicyclic) bond motifs is 4. The Morgan fingerprint density at radius 2 is 1.56 bits per heavy atom. The number of rotatable bonds is 0. The monoisotopic (exact) mass is 231 g/mol. The van der Waals surface area contributed by atoms with E-state index in [0.717, 1.165) is 6.54 Å². The molecule has 18 heavy (non-hydrogen) atoms. The summed E-state index contributed by atoms with van der Waals surface area (Å²) in [5.74, 6) is 0. The topological polar surface area (TPSA) is 3.24 Å². The van der Waals surface area contributed by atoms with E-state index < -0.39 is 0 Å². The fourth-order valence-corrected chi connectivity index (χ4v) is 2.75. The third-order valence-corrected chi connectivity index (χ3v) is 3.66. The molecule has 2 aliphatic rings. The van der Waals surface area contributed by atoms with Crippen LogP contribution in [0, 0.1) is 0 Å². The molecule has 86 valence electrons. The van der Waals surface area contributed by atoms with Crippen LogP contribution in [0.15, 0.2) is 54.6 Å². The Labute approximate surface area is 106 Å². The first-order chi connectivity index (χ1) is 8.92. The minimum Gasteiger partial charge on any atom is -0.342 e. The van der Waals surface area contributed by atoms with Gasteiger partial charge in [0.05, 0.1) is 0 Å². The van der Waals surface area contributed by atoms with Gasteiger partial charge in [-0.1, -0.05) is 54.6 Å². The molecule has 0 fully saturated rings. The lowest BCUT2D eigenvalue weighted by Gasteiger charge is -2.13. The number of allylic oxidation sites excluding steroid dienone is 1. The van der Waals surface area contributed by atoms with Crippen molar-refractivity contribution in [3.05, 3.63) is 76.2 Å². The molecule has 2 aromatic carbocycles. The van der Waals surface area contributed by atoms with Crippen molar-refractivity contribution in [1.29, 1.82) is 0 Å². The first kappa shape index (κ1) is 9.72. The van der Waals surface area contributed by atoms with Gasteiger partial charge in [-0.3, -0.25) is 0 Å². The lowest BCUT2D eigenvalue weighted by atomic mass is 10.1. The van der Waals surface area contributed by atoms with E-state index in [1.54, 1.807) is 0 Å². The fourth-order valence-electron chi connectivity index (χ4n) is 2.75. The van der Waals surface area contributed by atoms with E-state index in [-0.39, 0.29) is 0 Å². The second-order valence-electron chi connectivity index (χ2n) is 4.76. The van der Waals surface area contributed by atoms with Gasteiger partial charge < -0.3 is 4.90 Å². The van der Waals surface area contributed by atoms with E-state index in [9.17, 15) is 0 Å². The zero-order chi connectivity index (χ0) is 11.9. The largest absolute Gasteiger partial charge is 0.342 e. The van der Waals surface area contributed by atoms with E-state index in [2.05, 4.69) is 71.8 Å². The van der Waals surface area contributed by atoms with Crippen molar-refractivity contribution >= 4 is 18.0 Å². The SMILES string of the molecule is C1=C2c3ccccc3CN2C=c2ccccc2=C1. The normalized spacial score (nSPS) is 15.6. The summed E-state index contributed by atoms with van der Waals surface area (Å²) in [4.78, 5) is 2.34. The maximum Gasteiger partial charge on any atom is 0.0486 e. The summed E-state index contributed by atoms with van der Waals surface area (Å²) in [5.41, 5.74) is 4.08. The Morgan fingerprint density at radius 3 is 2.50 bits per heavy atom. The van der Waals surface area contributed by atoms with Crippen LogP contribution in [0.2, 0.25) is 0 Å². The summed E-state index contributed by atoms with van der Waals surface area (Å²) in [7, 11) is 0. The van der Waals surface area contributed by atoms with Crippen molar-refractivity contribution in [2.75, 3.05) is 0 Å². The van der Waals surface area contributed by atoms with Crippen LogP contribution in [0.3, 0.4) is 0 Å². The van der Waals surface area contributed by atoms with Crippen LogP contribution in [-0.4, -0.2) is 4.90 Å². The summed E-state index contributed by atoms with van der Waals surface area (Å²) >= 11 is 0. The van der Waals surface area contributed by atoms with Crippen molar-refractivity contribution in [3.63, 3.8) is 0 Å². The van der Waals surface area contributed by atoms with Crippen LogP contribution in [-0.2, 0) is 6.54 Å². The van der Waals surface area contributed by atoms with Gasteiger partial charge in [0.15, 0.2) is 0 Å². The molecule has 0 spiro atoms. The molecule has 1 nitrogen and oxygen atoms in total. The molecule has 1 heteroatoms. The predicted octanol–water partition coefficient (Wildman–Crippen LogP) is 2.08. The van der Waals surface area contributed by atoms with Gasteiger partial charge in [-0.25, -0.2) is 0 Å². The molecule has 0 radical (unpaired) electrons. The smallest absolute Gasteiger partial charge is 0.0486 e. The van der Waals surface area contributed by atoms with E-state index in [4.69, 9.17) is 0 Å². The Morgan fingerprint density at radius 1 is 0.778 bits per heavy atom. The highest BCUT2D eigenvalue weighted by molar-refractivity contribution is 5.78.